The minimum atomic E-state index is -1.28. The van der Waals surface area contributed by atoms with Gasteiger partial charge in [-0.1, -0.05) is 13.8 Å². The molecule has 2 heterocycles. The fraction of sp³-hybridized carbons (Fsp3) is 0.913. The van der Waals surface area contributed by atoms with Crippen LogP contribution in [-0.4, -0.2) is 115 Å². The number of hydrogen-bond acceptors (Lipinski definition) is 12. The van der Waals surface area contributed by atoms with Crippen LogP contribution >= 0.6 is 0 Å². The van der Waals surface area contributed by atoms with E-state index >= 15 is 0 Å². The molecule has 11 atom stereocenters. The molecule has 1 saturated heterocycles. The van der Waals surface area contributed by atoms with Gasteiger partial charge in [-0.2, -0.15) is 0 Å². The Morgan fingerprint density at radius 3 is 2.37 bits per heavy atom. The van der Waals surface area contributed by atoms with Gasteiger partial charge >= 0.3 is 0 Å². The van der Waals surface area contributed by atoms with Gasteiger partial charge in [0.15, 0.2) is 6.29 Å². The number of hydrogen-bond donors (Lipinski definition) is 8. The molecular weight excluding hydrogens is 458 g/mol. The minimum absolute atomic E-state index is 0.0489. The van der Waals surface area contributed by atoms with Gasteiger partial charge in [0, 0.05) is 12.1 Å². The molecule has 0 radical (unpaired) electrons. The molecule has 10 N–H and O–H groups in total. The van der Waals surface area contributed by atoms with Crippen molar-refractivity contribution in [1.82, 2.24) is 16.0 Å². The Morgan fingerprint density at radius 2 is 1.74 bits per heavy atom. The van der Waals surface area contributed by atoms with Crippen LogP contribution in [0.3, 0.4) is 0 Å². The van der Waals surface area contributed by atoms with Crippen LogP contribution < -0.4 is 27.4 Å². The van der Waals surface area contributed by atoms with Crippen LogP contribution in [0.15, 0.2) is 11.8 Å². The first-order chi connectivity index (χ1) is 16.7. The van der Waals surface area contributed by atoms with Crippen LogP contribution in [0.4, 0.5) is 0 Å². The predicted molar refractivity (Wildman–Crippen MR) is 129 cm³/mol. The lowest BCUT2D eigenvalue weighted by Gasteiger charge is -2.49. The van der Waals surface area contributed by atoms with Crippen molar-refractivity contribution in [3.05, 3.63) is 11.8 Å². The van der Waals surface area contributed by atoms with Crippen molar-refractivity contribution in [2.75, 3.05) is 33.3 Å². The summed E-state index contributed by atoms with van der Waals surface area (Å²) in [6.07, 6.45) is -2.52. The second-order valence-corrected chi connectivity index (χ2v) is 9.81. The Morgan fingerprint density at radius 1 is 1.09 bits per heavy atom. The predicted octanol–water partition coefficient (Wildman–Crippen LogP) is -2.55. The number of nitrogens with one attached hydrogen (secondary N) is 3. The van der Waals surface area contributed by atoms with Crippen LogP contribution in [0, 0.1) is 0 Å². The summed E-state index contributed by atoms with van der Waals surface area (Å²) in [5.41, 5.74) is 10.9. The van der Waals surface area contributed by atoms with E-state index in [-0.39, 0.29) is 25.2 Å². The highest BCUT2D eigenvalue weighted by atomic mass is 16.7. The smallest absolute Gasteiger partial charge is 0.215 e. The number of rotatable bonds is 10. The van der Waals surface area contributed by atoms with E-state index in [4.69, 9.17) is 30.4 Å². The van der Waals surface area contributed by atoms with Gasteiger partial charge < -0.3 is 61.7 Å². The molecule has 12 heteroatoms. The summed E-state index contributed by atoms with van der Waals surface area (Å²) in [7, 11) is 1.64. The molecule has 3 rings (SSSR count). The van der Waals surface area contributed by atoms with Crippen LogP contribution in [0.25, 0.3) is 0 Å². The summed E-state index contributed by atoms with van der Waals surface area (Å²) >= 11 is 0. The first-order valence-corrected chi connectivity index (χ1v) is 12.6. The summed E-state index contributed by atoms with van der Waals surface area (Å²) in [4.78, 5) is 0. The molecule has 12 nitrogen and oxygen atoms in total. The highest BCUT2D eigenvalue weighted by Crippen LogP contribution is 2.32. The lowest BCUT2D eigenvalue weighted by molar-refractivity contribution is -0.303. The van der Waals surface area contributed by atoms with Gasteiger partial charge in [-0.05, 0) is 46.0 Å². The lowest BCUT2D eigenvalue weighted by atomic mass is 9.83. The average molecular weight is 504 g/mol. The highest BCUT2D eigenvalue weighted by Gasteiger charge is 2.51. The van der Waals surface area contributed by atoms with E-state index in [9.17, 15) is 15.3 Å². The van der Waals surface area contributed by atoms with E-state index in [1.807, 2.05) is 19.9 Å². The normalized spacial score (nSPS) is 44.5. The van der Waals surface area contributed by atoms with Gasteiger partial charge in [-0.25, -0.2) is 0 Å². The summed E-state index contributed by atoms with van der Waals surface area (Å²) in [5, 5.41) is 42.4. The van der Waals surface area contributed by atoms with E-state index in [1.165, 1.54) is 0 Å². The maximum absolute atomic E-state index is 11.4. The Kier molecular flexibility index (Phi) is 10.3. The molecule has 0 aromatic heterocycles. The van der Waals surface area contributed by atoms with E-state index in [1.54, 1.807) is 14.0 Å². The van der Waals surface area contributed by atoms with Crippen molar-refractivity contribution < 1.29 is 34.3 Å². The van der Waals surface area contributed by atoms with E-state index in [0.717, 1.165) is 6.54 Å². The number of aliphatic hydroxyl groups is 3. The molecule has 1 saturated carbocycles. The number of ether oxygens (including phenoxy) is 4. The summed E-state index contributed by atoms with van der Waals surface area (Å²) in [5.74, 6) is 0.642. The maximum atomic E-state index is 11.4. The molecular formula is C23H45N5O7. The molecule has 2 aliphatic heterocycles. The third-order valence-electron chi connectivity index (χ3n) is 7.07. The molecule has 0 aromatic rings. The Bertz CT molecular complexity index is 699. The van der Waals surface area contributed by atoms with Crippen LogP contribution in [0.2, 0.25) is 0 Å². The van der Waals surface area contributed by atoms with Gasteiger partial charge in [0.05, 0.1) is 25.2 Å². The third kappa shape index (κ3) is 6.51. The molecule has 35 heavy (non-hydrogen) atoms. The Balaban J connectivity index is 1.77. The zero-order valence-electron chi connectivity index (χ0n) is 21.2. The van der Waals surface area contributed by atoms with Gasteiger partial charge in [0.1, 0.15) is 35.8 Å². The molecule has 2 fully saturated rings. The van der Waals surface area contributed by atoms with Crippen molar-refractivity contribution >= 4 is 0 Å². The van der Waals surface area contributed by atoms with Gasteiger partial charge in [0.2, 0.25) is 6.29 Å². The first-order valence-electron chi connectivity index (χ1n) is 12.6. The SMILES string of the molecule is CCN[C@H]1C[C@@H](N)[C@H](O[C@H]2OC[C@](C)(O)[C@H](NC)[C@H]2O)[C@@H](O)[C@@H]1O[C@H]1OC(CN)=CC[C@H]1NCC. The quantitative estimate of drug-likeness (QED) is 0.156. The average Bonchev–Trinajstić information content (AvgIpc) is 2.81. The van der Waals surface area contributed by atoms with Gasteiger partial charge in [0.25, 0.3) is 0 Å². The third-order valence-corrected chi connectivity index (χ3v) is 7.07. The van der Waals surface area contributed by atoms with Crippen LogP contribution in [-0.2, 0) is 18.9 Å². The van der Waals surface area contributed by atoms with Gasteiger partial charge in [-0.3, -0.25) is 0 Å². The Hall–Kier alpha value is -0.900. The van der Waals surface area contributed by atoms with E-state index in [0.29, 0.717) is 25.1 Å². The molecule has 0 aromatic carbocycles. The highest BCUT2D eigenvalue weighted by molar-refractivity contribution is 5.05. The lowest BCUT2D eigenvalue weighted by Crippen LogP contribution is -2.69. The van der Waals surface area contributed by atoms with Crippen molar-refractivity contribution in [2.24, 2.45) is 11.5 Å². The van der Waals surface area contributed by atoms with Crippen molar-refractivity contribution in [1.29, 1.82) is 0 Å². The van der Waals surface area contributed by atoms with E-state index in [2.05, 4.69) is 16.0 Å². The van der Waals surface area contributed by atoms with Crippen molar-refractivity contribution in [3.8, 4) is 0 Å². The number of aliphatic hydroxyl groups excluding tert-OH is 2. The second kappa shape index (κ2) is 12.6. The first kappa shape index (κ1) is 28.7. The maximum Gasteiger partial charge on any atom is 0.215 e. The molecule has 204 valence electrons. The molecule has 1 aliphatic carbocycles. The fourth-order valence-corrected chi connectivity index (χ4v) is 5.28. The zero-order chi connectivity index (χ0) is 25.8. The second-order valence-electron chi connectivity index (χ2n) is 9.81. The topological polar surface area (TPSA) is 186 Å². The number of likely N-dealkylation sites (N-methyl/N-ethyl adjacent to an activating group) is 3. The molecule has 0 unspecified atom stereocenters. The van der Waals surface area contributed by atoms with Gasteiger partial charge in [-0.15, -0.1) is 0 Å². The summed E-state index contributed by atoms with van der Waals surface area (Å²) in [6, 6.07) is -1.58. The minimum Gasteiger partial charge on any atom is -0.467 e. The molecule has 3 aliphatic rings. The zero-order valence-corrected chi connectivity index (χ0v) is 21.2. The van der Waals surface area contributed by atoms with Crippen molar-refractivity contribution in [3.63, 3.8) is 0 Å². The monoisotopic (exact) mass is 503 g/mol. The molecule has 0 spiro atoms. The largest absolute Gasteiger partial charge is 0.467 e. The van der Waals surface area contributed by atoms with E-state index < -0.39 is 54.7 Å². The van der Waals surface area contributed by atoms with Crippen molar-refractivity contribution in [2.45, 2.75) is 100 Å². The Labute approximate surface area is 207 Å². The summed E-state index contributed by atoms with van der Waals surface area (Å²) < 4.78 is 24.1. The van der Waals surface area contributed by atoms with Crippen LogP contribution in [0.1, 0.15) is 33.6 Å². The van der Waals surface area contributed by atoms with Crippen LogP contribution in [0.5, 0.6) is 0 Å². The fourth-order valence-electron chi connectivity index (χ4n) is 5.28. The standard InChI is InChI=1S/C23H45N5O7/c1-5-27-14-8-7-12(10-24)33-21(14)35-19-15(28-6-2)9-13(25)18(16(19)29)34-22-17(30)20(26-4)23(3,31)11-32-22/h7,13-22,26-31H,5-6,8-11,24-25H2,1-4H3/t13-,14-,15+,16-,17-,18+,19-,20-,21-,22-,23+/m1/s1. The number of nitrogens with two attached hydrogens (primary N) is 2. The molecule has 0 amide bonds. The molecule has 0 bridgehead atoms. The summed E-state index contributed by atoms with van der Waals surface area (Å²) in [6.45, 7) is 7.15.